The van der Waals surface area contributed by atoms with Crippen LogP contribution in [0, 0.1) is 0 Å². The number of carboxylic acid groups (broad SMARTS) is 1. The molecule has 21 heavy (non-hydrogen) atoms. The highest BCUT2D eigenvalue weighted by Gasteiger charge is 2.19. The van der Waals surface area contributed by atoms with Crippen molar-refractivity contribution in [3.8, 4) is 0 Å². The first-order valence-corrected chi connectivity index (χ1v) is 7.69. The molecule has 0 amide bonds. The molecule has 2 aromatic rings. The van der Waals surface area contributed by atoms with E-state index in [0.29, 0.717) is 11.3 Å². The normalized spacial score (nSPS) is 11.3. The number of nitrogens with zero attached hydrogens (tertiary/aromatic N) is 2. The van der Waals surface area contributed by atoms with Crippen LogP contribution in [0.4, 0.5) is 5.69 Å². The van der Waals surface area contributed by atoms with Gasteiger partial charge < -0.3 is 5.11 Å². The second-order valence-corrected chi connectivity index (χ2v) is 6.08. The van der Waals surface area contributed by atoms with Crippen molar-refractivity contribution in [2.24, 2.45) is 7.05 Å². The van der Waals surface area contributed by atoms with Crippen LogP contribution in [0.1, 0.15) is 12.0 Å². The number of benzene rings is 1. The highest BCUT2D eigenvalue weighted by molar-refractivity contribution is 7.92. The zero-order valence-electron chi connectivity index (χ0n) is 11.4. The van der Waals surface area contributed by atoms with Gasteiger partial charge in [-0.15, -0.1) is 0 Å². The zero-order valence-corrected chi connectivity index (χ0v) is 12.2. The summed E-state index contributed by atoms with van der Waals surface area (Å²) in [6, 6.07) is 8.11. The summed E-state index contributed by atoms with van der Waals surface area (Å²) in [5, 5.41) is 12.6. The highest BCUT2D eigenvalue weighted by atomic mass is 32.2. The summed E-state index contributed by atoms with van der Waals surface area (Å²) >= 11 is 0. The van der Waals surface area contributed by atoms with Crippen molar-refractivity contribution >= 4 is 21.7 Å². The van der Waals surface area contributed by atoms with E-state index in [-0.39, 0.29) is 17.9 Å². The average Bonchev–Trinajstić information content (AvgIpc) is 2.84. The molecule has 7 nitrogen and oxygen atoms in total. The molecule has 0 aliphatic carbocycles. The third kappa shape index (κ3) is 3.60. The Kier molecular flexibility index (Phi) is 4.27. The molecule has 0 aliphatic rings. The Labute approximate surface area is 122 Å². The number of carboxylic acids is 1. The summed E-state index contributed by atoms with van der Waals surface area (Å²) < 4.78 is 28.3. The second kappa shape index (κ2) is 5.96. The third-order valence-corrected chi connectivity index (χ3v) is 4.36. The van der Waals surface area contributed by atoms with Crippen molar-refractivity contribution < 1.29 is 18.3 Å². The van der Waals surface area contributed by atoms with Gasteiger partial charge in [-0.2, -0.15) is 13.5 Å². The number of carbonyl (C=O) groups is 1. The van der Waals surface area contributed by atoms with E-state index in [2.05, 4.69) is 9.82 Å². The minimum atomic E-state index is -3.76. The minimum absolute atomic E-state index is 0.0375. The lowest BCUT2D eigenvalue weighted by molar-refractivity contribution is -0.136. The molecule has 0 radical (unpaired) electrons. The second-order valence-electron chi connectivity index (χ2n) is 4.45. The summed E-state index contributed by atoms with van der Waals surface area (Å²) in [6.07, 6.45) is 1.58. The molecule has 2 N–H and O–H groups in total. The van der Waals surface area contributed by atoms with Crippen LogP contribution in [0.5, 0.6) is 0 Å². The minimum Gasteiger partial charge on any atom is -0.481 e. The first-order chi connectivity index (χ1) is 9.90. The van der Waals surface area contributed by atoms with Crippen LogP contribution in [0.2, 0.25) is 0 Å². The molecule has 0 aliphatic heterocycles. The maximum Gasteiger partial charge on any atom is 0.303 e. The lowest BCUT2D eigenvalue weighted by atomic mass is 10.1. The van der Waals surface area contributed by atoms with E-state index >= 15 is 0 Å². The fourth-order valence-electron chi connectivity index (χ4n) is 1.90. The standard InChI is InChI=1S/C13H15N3O4S/c1-16-12(8-9-14-16)21(19,20)15-11-5-3-2-4-10(11)6-7-13(17)18/h2-5,8-9,15H,6-7H2,1H3,(H,17,18). The number of sulfonamides is 1. The predicted octanol–water partition coefficient (Wildman–Crippen LogP) is 1.24. The van der Waals surface area contributed by atoms with Crippen molar-refractivity contribution in [2.75, 3.05) is 4.72 Å². The molecule has 8 heteroatoms. The van der Waals surface area contributed by atoms with Crippen LogP contribution in [0.15, 0.2) is 41.6 Å². The number of aromatic nitrogens is 2. The number of aliphatic carboxylic acids is 1. The van der Waals surface area contributed by atoms with Gasteiger partial charge in [0, 0.05) is 13.5 Å². The Morgan fingerprint density at radius 1 is 1.33 bits per heavy atom. The Bertz CT molecular complexity index is 752. The Hall–Kier alpha value is -2.35. The van der Waals surface area contributed by atoms with Gasteiger partial charge in [-0.1, -0.05) is 18.2 Å². The number of aryl methyl sites for hydroxylation is 2. The van der Waals surface area contributed by atoms with E-state index in [4.69, 9.17) is 5.11 Å². The summed E-state index contributed by atoms with van der Waals surface area (Å²) in [5.41, 5.74) is 1.01. The summed E-state index contributed by atoms with van der Waals surface area (Å²) in [6.45, 7) is 0. The van der Waals surface area contributed by atoms with Crippen molar-refractivity contribution in [3.63, 3.8) is 0 Å². The van der Waals surface area contributed by atoms with Gasteiger partial charge in [0.25, 0.3) is 10.0 Å². The predicted molar refractivity (Wildman–Crippen MR) is 76.4 cm³/mol. The van der Waals surface area contributed by atoms with Crippen LogP contribution in [0.25, 0.3) is 0 Å². The molecule has 2 rings (SSSR count). The number of anilines is 1. The maximum atomic E-state index is 12.3. The van der Waals surface area contributed by atoms with Crippen LogP contribution in [-0.2, 0) is 28.3 Å². The number of para-hydroxylation sites is 1. The molecule has 0 bridgehead atoms. The lowest BCUT2D eigenvalue weighted by Crippen LogP contribution is -2.17. The SMILES string of the molecule is Cn1nccc1S(=O)(=O)Nc1ccccc1CCC(=O)O. The molecule has 0 atom stereocenters. The van der Waals surface area contributed by atoms with Gasteiger partial charge in [-0.3, -0.25) is 14.2 Å². The third-order valence-electron chi connectivity index (χ3n) is 2.92. The molecule has 1 heterocycles. The van der Waals surface area contributed by atoms with Crippen LogP contribution in [0.3, 0.4) is 0 Å². The number of rotatable bonds is 6. The first kappa shape index (κ1) is 15.0. The van der Waals surface area contributed by atoms with E-state index in [1.807, 2.05) is 0 Å². The molecule has 0 unspecified atom stereocenters. The van der Waals surface area contributed by atoms with E-state index < -0.39 is 16.0 Å². The van der Waals surface area contributed by atoms with Crippen LogP contribution >= 0.6 is 0 Å². The van der Waals surface area contributed by atoms with Crippen molar-refractivity contribution in [2.45, 2.75) is 17.9 Å². The lowest BCUT2D eigenvalue weighted by Gasteiger charge is -2.12. The topological polar surface area (TPSA) is 101 Å². The summed E-state index contributed by atoms with van der Waals surface area (Å²) in [4.78, 5) is 10.7. The number of nitrogens with one attached hydrogen (secondary N) is 1. The average molecular weight is 309 g/mol. The fraction of sp³-hybridized carbons (Fsp3) is 0.231. The van der Waals surface area contributed by atoms with Gasteiger partial charge in [-0.05, 0) is 24.1 Å². The number of hydrogen-bond donors (Lipinski definition) is 2. The Balaban J connectivity index is 2.27. The van der Waals surface area contributed by atoms with Crippen LogP contribution in [-0.4, -0.2) is 29.3 Å². The van der Waals surface area contributed by atoms with E-state index in [0.717, 1.165) is 0 Å². The van der Waals surface area contributed by atoms with Crippen LogP contribution < -0.4 is 4.72 Å². The quantitative estimate of drug-likeness (QED) is 0.836. The molecule has 1 aromatic carbocycles. The fourth-order valence-corrected chi connectivity index (χ4v) is 3.13. The van der Waals surface area contributed by atoms with Gasteiger partial charge >= 0.3 is 5.97 Å². The molecular formula is C13H15N3O4S. The first-order valence-electron chi connectivity index (χ1n) is 6.20. The monoisotopic (exact) mass is 309 g/mol. The highest BCUT2D eigenvalue weighted by Crippen LogP contribution is 2.21. The Morgan fingerprint density at radius 2 is 2.05 bits per heavy atom. The van der Waals surface area contributed by atoms with E-state index in [1.54, 1.807) is 24.3 Å². The van der Waals surface area contributed by atoms with Gasteiger partial charge in [0.2, 0.25) is 0 Å². The smallest absolute Gasteiger partial charge is 0.303 e. The Morgan fingerprint density at radius 3 is 2.67 bits per heavy atom. The molecule has 0 saturated heterocycles. The molecule has 0 fully saturated rings. The molecule has 112 valence electrons. The van der Waals surface area contributed by atoms with Crippen molar-refractivity contribution in [1.29, 1.82) is 0 Å². The molecular weight excluding hydrogens is 294 g/mol. The summed E-state index contributed by atoms with van der Waals surface area (Å²) in [5.74, 6) is -0.931. The van der Waals surface area contributed by atoms with E-state index in [9.17, 15) is 13.2 Å². The summed E-state index contributed by atoms with van der Waals surface area (Å²) in [7, 11) is -2.23. The molecule has 0 spiro atoms. The molecule has 1 aromatic heterocycles. The van der Waals surface area contributed by atoms with Crippen molar-refractivity contribution in [3.05, 3.63) is 42.1 Å². The van der Waals surface area contributed by atoms with Gasteiger partial charge in [-0.25, -0.2) is 0 Å². The zero-order chi connectivity index (χ0) is 15.5. The van der Waals surface area contributed by atoms with E-state index in [1.165, 1.54) is 24.0 Å². The maximum absolute atomic E-state index is 12.3. The van der Waals surface area contributed by atoms with Gasteiger partial charge in [0.05, 0.1) is 11.9 Å². The van der Waals surface area contributed by atoms with Gasteiger partial charge in [0.15, 0.2) is 5.03 Å². The number of hydrogen-bond acceptors (Lipinski definition) is 4. The largest absolute Gasteiger partial charge is 0.481 e. The molecule has 0 saturated carbocycles. The van der Waals surface area contributed by atoms with Crippen molar-refractivity contribution in [1.82, 2.24) is 9.78 Å². The van der Waals surface area contributed by atoms with Gasteiger partial charge in [0.1, 0.15) is 0 Å².